The van der Waals surface area contributed by atoms with Gasteiger partial charge in [0, 0.05) is 5.75 Å². The van der Waals surface area contributed by atoms with Crippen LogP contribution in [0, 0.1) is 0 Å². The van der Waals surface area contributed by atoms with Crippen LogP contribution in [-0.4, -0.2) is 71.8 Å². The Hall–Kier alpha value is -2.45. The van der Waals surface area contributed by atoms with E-state index in [9.17, 15) is 19.2 Å². The molecule has 0 aromatic carbocycles. The minimum atomic E-state index is -1.27. The van der Waals surface area contributed by atoms with Crippen LogP contribution in [0.2, 0.25) is 0 Å². The van der Waals surface area contributed by atoms with Crippen molar-refractivity contribution in [3.8, 4) is 0 Å². The largest absolute Gasteiger partial charge is 0.479 e. The van der Waals surface area contributed by atoms with Gasteiger partial charge in [-0.3, -0.25) is 19.3 Å². The molecule has 0 bridgehead atoms. The van der Waals surface area contributed by atoms with E-state index in [1.54, 1.807) is 6.92 Å². The first kappa shape index (κ1) is 20.3. The Morgan fingerprint density at radius 3 is 2.86 bits per heavy atom. The molecule has 2 amide bonds. The lowest BCUT2D eigenvalue weighted by Crippen LogP contribution is -2.70. The number of hydrogen-bond acceptors (Lipinski definition) is 10. The summed E-state index contributed by atoms with van der Waals surface area (Å²) in [4.78, 5) is 57.2. The molecule has 1 aromatic rings. The molecule has 28 heavy (non-hydrogen) atoms. The second-order valence-corrected chi connectivity index (χ2v) is 7.77. The van der Waals surface area contributed by atoms with Crippen LogP contribution < -0.4 is 5.32 Å². The van der Waals surface area contributed by atoms with Gasteiger partial charge in [0.2, 0.25) is 23.3 Å². The highest BCUT2D eigenvalue weighted by Crippen LogP contribution is 2.40. The number of amides is 2. The zero-order valence-corrected chi connectivity index (χ0v) is 16.7. The topological polar surface area (TPSA) is 151 Å². The second-order valence-electron chi connectivity index (χ2n) is 5.66. The molecule has 3 rings (SSSR count). The maximum atomic E-state index is 12.6. The molecule has 1 unspecified atom stereocenters. The molecule has 0 radical (unpaired) electrons. The summed E-state index contributed by atoms with van der Waals surface area (Å²) in [6.45, 7) is 0.983. The Bertz CT molecular complexity index is 899. The molecule has 11 nitrogen and oxygen atoms in total. The SMILES string of the molecule is CC1=C(C(=O)S)N2C(=O)C(NC(=O)C(=NOCC(=O)O)c3ncsn3)[C@H]2SC1. The van der Waals surface area contributed by atoms with Gasteiger partial charge in [0.25, 0.3) is 11.8 Å². The monoisotopic (exact) mass is 443 g/mol. The summed E-state index contributed by atoms with van der Waals surface area (Å²) in [5, 5.41) is 13.7. The number of nitrogens with zero attached hydrogens (tertiary/aromatic N) is 4. The van der Waals surface area contributed by atoms with Crippen molar-refractivity contribution < 1.29 is 29.1 Å². The van der Waals surface area contributed by atoms with Crippen LogP contribution >= 0.6 is 35.9 Å². The first-order valence-corrected chi connectivity index (χ1v) is 10.0. The molecule has 148 valence electrons. The molecule has 1 fully saturated rings. The summed E-state index contributed by atoms with van der Waals surface area (Å²) in [5.41, 5.74) is 1.96. The predicted molar refractivity (Wildman–Crippen MR) is 102 cm³/mol. The summed E-state index contributed by atoms with van der Waals surface area (Å²) in [6, 6.07) is -0.892. The molecular weight excluding hydrogens is 430 g/mol. The van der Waals surface area contributed by atoms with Crippen LogP contribution in [0.25, 0.3) is 0 Å². The molecule has 2 aliphatic heterocycles. The Morgan fingerprint density at radius 2 is 2.25 bits per heavy atom. The molecule has 2 atom stereocenters. The van der Waals surface area contributed by atoms with E-state index in [4.69, 9.17) is 5.11 Å². The molecular formula is C14H13N5O6S3. The van der Waals surface area contributed by atoms with Gasteiger partial charge in [-0.1, -0.05) is 17.8 Å². The maximum absolute atomic E-state index is 12.6. The lowest BCUT2D eigenvalue weighted by atomic mass is 10.0. The average Bonchev–Trinajstić information content (AvgIpc) is 3.16. The number of aromatic nitrogens is 2. The summed E-state index contributed by atoms with van der Waals surface area (Å²) in [7, 11) is 0. The van der Waals surface area contributed by atoms with Gasteiger partial charge < -0.3 is 15.3 Å². The lowest BCUT2D eigenvalue weighted by molar-refractivity contribution is -0.146. The minimum absolute atomic E-state index is 0.0604. The minimum Gasteiger partial charge on any atom is -0.479 e. The van der Waals surface area contributed by atoms with Gasteiger partial charge in [-0.15, -0.1) is 11.8 Å². The van der Waals surface area contributed by atoms with E-state index in [1.165, 1.54) is 22.2 Å². The Balaban J connectivity index is 1.76. The third kappa shape index (κ3) is 3.88. The first-order valence-electron chi connectivity index (χ1n) is 7.68. The number of carboxylic acids is 1. The van der Waals surface area contributed by atoms with Crippen LogP contribution in [0.3, 0.4) is 0 Å². The number of rotatable bonds is 7. The Morgan fingerprint density at radius 1 is 1.50 bits per heavy atom. The quantitative estimate of drug-likeness (QED) is 0.219. The third-order valence-electron chi connectivity index (χ3n) is 3.78. The number of carbonyl (C=O) groups excluding carboxylic acids is 3. The van der Waals surface area contributed by atoms with Gasteiger partial charge in [0.05, 0.1) is 5.70 Å². The van der Waals surface area contributed by atoms with Crippen molar-refractivity contribution in [2.24, 2.45) is 5.16 Å². The van der Waals surface area contributed by atoms with Crippen molar-refractivity contribution in [3.05, 3.63) is 22.6 Å². The summed E-state index contributed by atoms with van der Waals surface area (Å²) in [6.07, 6.45) is 0. The number of nitrogens with one attached hydrogen (secondary N) is 1. The maximum Gasteiger partial charge on any atom is 0.344 e. The van der Waals surface area contributed by atoms with Crippen LogP contribution in [-0.2, 0) is 24.0 Å². The van der Waals surface area contributed by atoms with Crippen molar-refractivity contribution >= 4 is 64.5 Å². The molecule has 1 saturated heterocycles. The van der Waals surface area contributed by atoms with Crippen molar-refractivity contribution in [1.82, 2.24) is 19.6 Å². The lowest BCUT2D eigenvalue weighted by Gasteiger charge is -2.49. The standard InChI is InChI=1S/C14H13N5O6S3/c1-5-3-27-13-8(12(23)19(13)9(5)14(24)26)16-11(22)7(10-15-4-28-18-10)17-25-2-6(20)21/h4,8,13H,2-3H2,1H3,(H,16,22)(H,20,21)(H,24,26)/t8?,13-/m1/s1. The van der Waals surface area contributed by atoms with E-state index in [2.05, 4.69) is 37.3 Å². The number of thiol groups is 1. The third-order valence-corrected chi connectivity index (χ3v) is 5.89. The summed E-state index contributed by atoms with van der Waals surface area (Å²) >= 11 is 6.17. The van der Waals surface area contributed by atoms with Crippen LogP contribution in [0.15, 0.2) is 21.9 Å². The Kier molecular flexibility index (Phi) is 6.00. The van der Waals surface area contributed by atoms with E-state index in [-0.39, 0.29) is 17.2 Å². The predicted octanol–water partition coefficient (Wildman–Crippen LogP) is -0.526. The fourth-order valence-corrected chi connectivity index (χ4v) is 4.61. The van der Waals surface area contributed by atoms with Gasteiger partial charge >= 0.3 is 5.97 Å². The number of hydrogen-bond donors (Lipinski definition) is 3. The van der Waals surface area contributed by atoms with E-state index in [1.807, 2.05) is 0 Å². The highest BCUT2D eigenvalue weighted by Gasteiger charge is 2.53. The van der Waals surface area contributed by atoms with Crippen molar-refractivity contribution in [2.45, 2.75) is 18.3 Å². The number of carboxylic acid groups (broad SMARTS) is 1. The highest BCUT2D eigenvalue weighted by molar-refractivity contribution is 8.00. The first-order chi connectivity index (χ1) is 13.3. The average molecular weight is 443 g/mol. The van der Waals surface area contributed by atoms with Crippen molar-refractivity contribution in [1.29, 1.82) is 0 Å². The molecule has 2 aliphatic rings. The fourth-order valence-electron chi connectivity index (χ4n) is 2.60. The molecule has 0 saturated carbocycles. The van der Waals surface area contributed by atoms with E-state index < -0.39 is 40.9 Å². The van der Waals surface area contributed by atoms with Crippen LogP contribution in [0.5, 0.6) is 0 Å². The smallest absolute Gasteiger partial charge is 0.344 e. The number of fused-ring (bicyclic) bond motifs is 1. The van der Waals surface area contributed by atoms with Gasteiger partial charge in [-0.05, 0) is 24.0 Å². The molecule has 0 aliphatic carbocycles. The van der Waals surface area contributed by atoms with E-state index >= 15 is 0 Å². The van der Waals surface area contributed by atoms with E-state index in [0.29, 0.717) is 5.75 Å². The highest BCUT2D eigenvalue weighted by atomic mass is 32.2. The Labute approximate surface area is 171 Å². The number of carbonyl (C=O) groups is 4. The molecule has 14 heteroatoms. The summed E-state index contributed by atoms with van der Waals surface area (Å²) < 4.78 is 3.88. The van der Waals surface area contributed by atoms with Crippen molar-refractivity contribution in [3.63, 3.8) is 0 Å². The van der Waals surface area contributed by atoms with Crippen LogP contribution in [0.1, 0.15) is 12.7 Å². The zero-order valence-electron chi connectivity index (χ0n) is 14.2. The van der Waals surface area contributed by atoms with Gasteiger partial charge in [0.1, 0.15) is 16.9 Å². The number of β-lactam (4-membered cyclic amide) rings is 1. The normalized spacial score (nSPS) is 21.7. The summed E-state index contributed by atoms with van der Waals surface area (Å²) in [5.74, 6) is -2.08. The molecule has 1 aromatic heterocycles. The second kappa shape index (κ2) is 8.28. The fraction of sp³-hybridized carbons (Fsp3) is 0.357. The van der Waals surface area contributed by atoms with Gasteiger partial charge in [-0.2, -0.15) is 4.37 Å². The van der Waals surface area contributed by atoms with E-state index in [0.717, 1.165) is 17.1 Å². The zero-order chi connectivity index (χ0) is 20.4. The number of thioether (sulfide) groups is 1. The van der Waals surface area contributed by atoms with Gasteiger partial charge in [-0.25, -0.2) is 9.78 Å². The van der Waals surface area contributed by atoms with Gasteiger partial charge in [0.15, 0.2) is 0 Å². The number of aliphatic carboxylic acids is 1. The van der Waals surface area contributed by atoms with Crippen molar-refractivity contribution in [2.75, 3.05) is 12.4 Å². The molecule has 2 N–H and O–H groups in total. The van der Waals surface area contributed by atoms with Crippen LogP contribution in [0.4, 0.5) is 0 Å². The number of oxime groups is 1. The molecule has 3 heterocycles. The molecule has 0 spiro atoms.